The van der Waals surface area contributed by atoms with E-state index in [2.05, 4.69) is 6.58 Å². The van der Waals surface area contributed by atoms with Gasteiger partial charge in [0.15, 0.2) is 0 Å². The SMILES string of the molecule is C=C(C)OC12CC3CC(CC(C3)C1)C2. The van der Waals surface area contributed by atoms with E-state index < -0.39 is 0 Å². The minimum atomic E-state index is 0.223. The van der Waals surface area contributed by atoms with Crippen LogP contribution in [0, 0.1) is 17.8 Å². The van der Waals surface area contributed by atoms with Gasteiger partial charge in [0.1, 0.15) is 5.60 Å². The van der Waals surface area contributed by atoms with Gasteiger partial charge < -0.3 is 4.74 Å². The van der Waals surface area contributed by atoms with E-state index in [1.54, 1.807) is 0 Å². The standard InChI is InChI=1S/C13H20O/c1-9(2)14-13-6-10-3-11(7-13)5-12(4-10)8-13/h10-12H,1,3-8H2,2H3. The van der Waals surface area contributed by atoms with Crippen LogP contribution in [-0.2, 0) is 4.74 Å². The van der Waals surface area contributed by atoms with Crippen LogP contribution >= 0.6 is 0 Å². The lowest BCUT2D eigenvalue weighted by atomic mass is 9.54. The van der Waals surface area contributed by atoms with E-state index in [0.29, 0.717) is 0 Å². The monoisotopic (exact) mass is 192 g/mol. The van der Waals surface area contributed by atoms with E-state index in [4.69, 9.17) is 4.74 Å². The maximum atomic E-state index is 6.06. The van der Waals surface area contributed by atoms with E-state index in [9.17, 15) is 0 Å². The summed E-state index contributed by atoms with van der Waals surface area (Å²) in [4.78, 5) is 0. The highest BCUT2D eigenvalue weighted by Crippen LogP contribution is 2.57. The predicted molar refractivity (Wildman–Crippen MR) is 56.8 cm³/mol. The van der Waals surface area contributed by atoms with Gasteiger partial charge in [0.25, 0.3) is 0 Å². The molecule has 4 bridgehead atoms. The Morgan fingerprint density at radius 3 is 1.86 bits per heavy atom. The quantitative estimate of drug-likeness (QED) is 0.608. The summed E-state index contributed by atoms with van der Waals surface area (Å²) in [5.41, 5.74) is 0.223. The average Bonchev–Trinajstić information content (AvgIpc) is 1.96. The van der Waals surface area contributed by atoms with Gasteiger partial charge in [0, 0.05) is 0 Å². The lowest BCUT2D eigenvalue weighted by Gasteiger charge is -2.56. The highest BCUT2D eigenvalue weighted by molar-refractivity contribution is 5.04. The van der Waals surface area contributed by atoms with Crippen molar-refractivity contribution in [3.05, 3.63) is 12.3 Å². The van der Waals surface area contributed by atoms with Crippen LogP contribution in [0.2, 0.25) is 0 Å². The third-order valence-electron chi connectivity index (χ3n) is 4.37. The summed E-state index contributed by atoms with van der Waals surface area (Å²) >= 11 is 0. The molecule has 14 heavy (non-hydrogen) atoms. The summed E-state index contributed by atoms with van der Waals surface area (Å²) in [6.45, 7) is 5.91. The van der Waals surface area contributed by atoms with Crippen LogP contribution in [0.1, 0.15) is 45.4 Å². The molecule has 4 aliphatic rings. The Morgan fingerprint density at radius 2 is 1.50 bits per heavy atom. The summed E-state index contributed by atoms with van der Waals surface area (Å²) in [5, 5.41) is 0. The highest BCUT2D eigenvalue weighted by Gasteiger charge is 2.52. The molecule has 0 spiro atoms. The van der Waals surface area contributed by atoms with Gasteiger partial charge in [-0.3, -0.25) is 0 Å². The van der Waals surface area contributed by atoms with E-state index >= 15 is 0 Å². The van der Waals surface area contributed by atoms with E-state index in [0.717, 1.165) is 23.5 Å². The molecular formula is C13H20O. The van der Waals surface area contributed by atoms with Crippen LogP contribution in [-0.4, -0.2) is 5.60 Å². The fraction of sp³-hybridized carbons (Fsp3) is 0.846. The van der Waals surface area contributed by atoms with Crippen molar-refractivity contribution >= 4 is 0 Å². The third-order valence-corrected chi connectivity index (χ3v) is 4.37. The molecule has 1 heteroatoms. The molecule has 0 amide bonds. The van der Waals surface area contributed by atoms with E-state index in [1.807, 2.05) is 6.92 Å². The van der Waals surface area contributed by atoms with Gasteiger partial charge in [-0.15, -0.1) is 0 Å². The first-order valence-electron chi connectivity index (χ1n) is 6.00. The zero-order valence-corrected chi connectivity index (χ0v) is 9.09. The summed E-state index contributed by atoms with van der Waals surface area (Å²) in [6.07, 6.45) is 8.39. The summed E-state index contributed by atoms with van der Waals surface area (Å²) in [6, 6.07) is 0. The molecule has 0 aromatic rings. The fourth-order valence-electron chi connectivity index (χ4n) is 4.53. The first kappa shape index (κ1) is 8.82. The zero-order valence-electron chi connectivity index (χ0n) is 9.09. The molecule has 0 radical (unpaired) electrons. The number of hydrogen-bond acceptors (Lipinski definition) is 1. The summed E-state index contributed by atoms with van der Waals surface area (Å²) in [5.74, 6) is 3.84. The molecule has 4 aliphatic carbocycles. The van der Waals surface area contributed by atoms with E-state index in [1.165, 1.54) is 38.5 Å². The second-order valence-electron chi connectivity index (χ2n) is 5.90. The van der Waals surface area contributed by atoms with Crippen LogP contribution in [0.4, 0.5) is 0 Å². The Bertz CT molecular complexity index is 231. The molecule has 0 aromatic heterocycles. The molecule has 4 rings (SSSR count). The predicted octanol–water partition coefficient (Wildman–Crippen LogP) is 3.51. The maximum Gasteiger partial charge on any atom is 0.109 e. The van der Waals surface area contributed by atoms with Crippen LogP contribution in [0.25, 0.3) is 0 Å². The third kappa shape index (κ3) is 1.29. The lowest BCUT2D eigenvalue weighted by Crippen LogP contribution is -2.51. The van der Waals surface area contributed by atoms with Crippen molar-refractivity contribution in [3.63, 3.8) is 0 Å². The molecule has 0 aliphatic heterocycles. The Kier molecular flexibility index (Phi) is 1.75. The van der Waals surface area contributed by atoms with Crippen LogP contribution in [0.3, 0.4) is 0 Å². The Labute approximate surface area is 86.5 Å². The second kappa shape index (κ2) is 2.77. The van der Waals surface area contributed by atoms with Crippen molar-refractivity contribution in [1.82, 2.24) is 0 Å². The van der Waals surface area contributed by atoms with Gasteiger partial charge >= 0.3 is 0 Å². The topological polar surface area (TPSA) is 9.23 Å². The summed E-state index contributed by atoms with van der Waals surface area (Å²) < 4.78 is 6.06. The van der Waals surface area contributed by atoms with Gasteiger partial charge in [-0.25, -0.2) is 0 Å². The van der Waals surface area contributed by atoms with E-state index in [-0.39, 0.29) is 5.60 Å². The number of hydrogen-bond donors (Lipinski definition) is 0. The van der Waals surface area contributed by atoms with Crippen molar-refractivity contribution in [2.45, 2.75) is 51.0 Å². The molecular weight excluding hydrogens is 172 g/mol. The van der Waals surface area contributed by atoms with Gasteiger partial charge in [0.05, 0.1) is 5.76 Å². The first-order chi connectivity index (χ1) is 6.65. The van der Waals surface area contributed by atoms with Crippen LogP contribution in [0.15, 0.2) is 12.3 Å². The highest BCUT2D eigenvalue weighted by atomic mass is 16.5. The first-order valence-corrected chi connectivity index (χ1v) is 6.00. The summed E-state index contributed by atoms with van der Waals surface area (Å²) in [7, 11) is 0. The molecule has 0 saturated heterocycles. The van der Waals surface area contributed by atoms with Crippen molar-refractivity contribution in [1.29, 1.82) is 0 Å². The Morgan fingerprint density at radius 1 is 1.07 bits per heavy atom. The number of rotatable bonds is 2. The molecule has 0 N–H and O–H groups in total. The van der Waals surface area contributed by atoms with Gasteiger partial charge in [0.2, 0.25) is 0 Å². The normalized spacial score (nSPS) is 49.4. The maximum absolute atomic E-state index is 6.06. The number of ether oxygens (including phenoxy) is 1. The zero-order chi connectivity index (χ0) is 9.76. The second-order valence-corrected chi connectivity index (χ2v) is 5.90. The average molecular weight is 192 g/mol. The fourth-order valence-corrected chi connectivity index (χ4v) is 4.53. The molecule has 78 valence electrons. The molecule has 4 saturated carbocycles. The van der Waals surface area contributed by atoms with Crippen LogP contribution < -0.4 is 0 Å². The Hall–Kier alpha value is -0.460. The lowest BCUT2D eigenvalue weighted by molar-refractivity contribution is -0.138. The van der Waals surface area contributed by atoms with Gasteiger partial charge in [-0.1, -0.05) is 6.58 Å². The van der Waals surface area contributed by atoms with Gasteiger partial charge in [-0.05, 0) is 63.2 Å². The largest absolute Gasteiger partial charge is 0.493 e. The van der Waals surface area contributed by atoms with Crippen molar-refractivity contribution in [2.24, 2.45) is 17.8 Å². The van der Waals surface area contributed by atoms with Crippen LogP contribution in [0.5, 0.6) is 0 Å². The smallest absolute Gasteiger partial charge is 0.109 e. The molecule has 0 heterocycles. The molecule has 0 unspecified atom stereocenters. The van der Waals surface area contributed by atoms with Gasteiger partial charge in [-0.2, -0.15) is 0 Å². The molecule has 0 aromatic carbocycles. The Balaban J connectivity index is 1.83. The molecule has 0 atom stereocenters. The molecule has 1 nitrogen and oxygen atoms in total. The van der Waals surface area contributed by atoms with Crippen molar-refractivity contribution in [3.8, 4) is 0 Å². The van der Waals surface area contributed by atoms with Crippen molar-refractivity contribution in [2.75, 3.05) is 0 Å². The van der Waals surface area contributed by atoms with Crippen molar-refractivity contribution < 1.29 is 4.74 Å². The molecule has 4 fully saturated rings. The number of allylic oxidation sites excluding steroid dienone is 1. The minimum absolute atomic E-state index is 0.223. The minimum Gasteiger partial charge on any atom is -0.493 e.